The Bertz CT molecular complexity index is 808. The Morgan fingerprint density at radius 1 is 1.00 bits per heavy atom. The number of hydrogen-bond donors (Lipinski definition) is 0. The van der Waals surface area contributed by atoms with Crippen LogP contribution in [0.1, 0.15) is 15.9 Å². The fourth-order valence-corrected chi connectivity index (χ4v) is 2.96. The Labute approximate surface area is 159 Å². The number of hydrogen-bond acceptors (Lipinski definition) is 4. The molecule has 0 atom stereocenters. The largest absolute Gasteiger partial charge is 0.353 e. The van der Waals surface area contributed by atoms with E-state index in [1.165, 1.54) is 0 Å². The van der Waals surface area contributed by atoms with Gasteiger partial charge in [-0.15, -0.1) is 0 Å². The van der Waals surface area contributed by atoms with Crippen molar-refractivity contribution < 1.29 is 9.59 Å². The van der Waals surface area contributed by atoms with Crippen LogP contribution in [0.5, 0.6) is 0 Å². The number of pyridine rings is 1. The molecule has 1 saturated heterocycles. The maximum absolute atomic E-state index is 12.4. The van der Waals surface area contributed by atoms with E-state index in [9.17, 15) is 9.59 Å². The zero-order chi connectivity index (χ0) is 19.2. The molecular weight excluding hydrogens is 340 g/mol. The lowest BCUT2D eigenvalue weighted by Crippen LogP contribution is -2.48. The number of benzene rings is 1. The van der Waals surface area contributed by atoms with Gasteiger partial charge in [-0.2, -0.15) is 0 Å². The molecule has 0 unspecified atom stereocenters. The van der Waals surface area contributed by atoms with E-state index in [2.05, 4.69) is 9.88 Å². The Morgan fingerprint density at radius 3 is 2.30 bits per heavy atom. The lowest BCUT2D eigenvalue weighted by molar-refractivity contribution is -0.126. The van der Waals surface area contributed by atoms with Crippen molar-refractivity contribution in [2.24, 2.45) is 0 Å². The minimum atomic E-state index is -0.0348. The predicted molar refractivity (Wildman–Crippen MR) is 107 cm³/mol. The normalized spacial score (nSPS) is 14.4. The molecule has 1 aromatic carbocycles. The van der Waals surface area contributed by atoms with Gasteiger partial charge in [0.25, 0.3) is 5.91 Å². The maximum Gasteiger partial charge on any atom is 0.253 e. The first kappa shape index (κ1) is 18.6. The van der Waals surface area contributed by atoms with Crippen LogP contribution < -0.4 is 4.90 Å². The zero-order valence-electron chi connectivity index (χ0n) is 15.7. The number of anilines is 1. The number of rotatable bonds is 4. The summed E-state index contributed by atoms with van der Waals surface area (Å²) in [7, 11) is 3.45. The van der Waals surface area contributed by atoms with Crippen LogP contribution in [0, 0.1) is 0 Å². The van der Waals surface area contributed by atoms with Crippen molar-refractivity contribution in [1.29, 1.82) is 0 Å². The van der Waals surface area contributed by atoms with E-state index >= 15 is 0 Å². The molecule has 0 radical (unpaired) electrons. The van der Waals surface area contributed by atoms with Gasteiger partial charge in [-0.25, -0.2) is 4.98 Å². The number of carbonyl (C=O) groups excluding carboxylic acids is 2. The zero-order valence-corrected chi connectivity index (χ0v) is 15.7. The number of amides is 2. The standard InChI is InChI=1S/C21H24N4O2/c1-23(2)21(27)18-9-6-17(7-10-18)8-11-20(26)25-15-13-24(14-16-25)19-5-3-4-12-22-19/h3-12H,13-16H2,1-2H3/b11-8+. The molecule has 6 heteroatoms. The van der Waals surface area contributed by atoms with Crippen molar-refractivity contribution >= 4 is 23.7 Å². The lowest BCUT2D eigenvalue weighted by atomic mass is 10.1. The topological polar surface area (TPSA) is 56.8 Å². The predicted octanol–water partition coefficient (Wildman–Crippen LogP) is 2.15. The molecule has 3 rings (SSSR count). The highest BCUT2D eigenvalue weighted by Gasteiger charge is 2.20. The number of aromatic nitrogens is 1. The van der Waals surface area contributed by atoms with E-state index in [-0.39, 0.29) is 11.8 Å². The highest BCUT2D eigenvalue weighted by molar-refractivity contribution is 5.94. The quantitative estimate of drug-likeness (QED) is 0.780. The molecule has 140 valence electrons. The van der Waals surface area contributed by atoms with E-state index in [0.29, 0.717) is 18.7 Å². The van der Waals surface area contributed by atoms with E-state index in [0.717, 1.165) is 24.5 Å². The molecule has 2 aromatic rings. The van der Waals surface area contributed by atoms with Crippen molar-refractivity contribution in [3.8, 4) is 0 Å². The van der Waals surface area contributed by atoms with Crippen LogP contribution in [-0.2, 0) is 4.79 Å². The van der Waals surface area contributed by atoms with Crippen molar-refractivity contribution in [3.63, 3.8) is 0 Å². The molecule has 1 fully saturated rings. The van der Waals surface area contributed by atoms with Gasteiger partial charge in [-0.3, -0.25) is 9.59 Å². The Balaban J connectivity index is 1.54. The van der Waals surface area contributed by atoms with Crippen molar-refractivity contribution in [1.82, 2.24) is 14.8 Å². The Hall–Kier alpha value is -3.15. The van der Waals surface area contributed by atoms with Gasteiger partial charge in [0.1, 0.15) is 5.82 Å². The smallest absolute Gasteiger partial charge is 0.253 e. The van der Waals surface area contributed by atoms with Gasteiger partial charge in [0.05, 0.1) is 0 Å². The van der Waals surface area contributed by atoms with Crippen LogP contribution in [0.3, 0.4) is 0 Å². The van der Waals surface area contributed by atoms with E-state index in [4.69, 9.17) is 0 Å². The fourth-order valence-electron chi connectivity index (χ4n) is 2.96. The van der Waals surface area contributed by atoms with Crippen LogP contribution in [0.2, 0.25) is 0 Å². The molecule has 0 saturated carbocycles. The summed E-state index contributed by atoms with van der Waals surface area (Å²) in [6.45, 7) is 2.90. The first-order valence-electron chi connectivity index (χ1n) is 8.99. The summed E-state index contributed by atoms with van der Waals surface area (Å²) < 4.78 is 0. The SMILES string of the molecule is CN(C)C(=O)c1ccc(/C=C/C(=O)N2CCN(c3ccccn3)CC2)cc1. The lowest BCUT2D eigenvalue weighted by Gasteiger charge is -2.34. The first-order valence-corrected chi connectivity index (χ1v) is 8.99. The number of carbonyl (C=O) groups is 2. The van der Waals surface area contributed by atoms with Gasteiger partial charge >= 0.3 is 0 Å². The molecule has 2 heterocycles. The van der Waals surface area contributed by atoms with Gasteiger partial charge in [0, 0.05) is 58.1 Å². The monoisotopic (exact) mass is 364 g/mol. The molecule has 1 aromatic heterocycles. The van der Waals surface area contributed by atoms with Gasteiger partial charge in [0.15, 0.2) is 0 Å². The third-order valence-electron chi connectivity index (χ3n) is 4.55. The summed E-state index contributed by atoms with van der Waals surface area (Å²) in [5, 5.41) is 0. The van der Waals surface area contributed by atoms with Crippen LogP contribution in [0.4, 0.5) is 5.82 Å². The van der Waals surface area contributed by atoms with Crippen LogP contribution >= 0.6 is 0 Å². The Kier molecular flexibility index (Phi) is 5.86. The van der Waals surface area contributed by atoms with Gasteiger partial charge < -0.3 is 14.7 Å². The number of piperazine rings is 1. The molecule has 0 bridgehead atoms. The number of nitrogens with zero attached hydrogens (tertiary/aromatic N) is 4. The molecule has 6 nitrogen and oxygen atoms in total. The summed E-state index contributed by atoms with van der Waals surface area (Å²) in [4.78, 5) is 34.3. The third-order valence-corrected chi connectivity index (χ3v) is 4.55. The summed E-state index contributed by atoms with van der Waals surface area (Å²) >= 11 is 0. The maximum atomic E-state index is 12.4. The molecule has 27 heavy (non-hydrogen) atoms. The second-order valence-electron chi connectivity index (χ2n) is 6.66. The van der Waals surface area contributed by atoms with Gasteiger partial charge in [-0.05, 0) is 35.9 Å². The van der Waals surface area contributed by atoms with Crippen LogP contribution in [0.25, 0.3) is 6.08 Å². The fraction of sp³-hybridized carbons (Fsp3) is 0.286. The first-order chi connectivity index (χ1) is 13.0. The summed E-state index contributed by atoms with van der Waals surface area (Å²) in [5.74, 6) is 0.920. The molecule has 1 aliphatic rings. The molecular formula is C21H24N4O2. The molecule has 1 aliphatic heterocycles. The average Bonchev–Trinajstić information content (AvgIpc) is 2.72. The summed E-state index contributed by atoms with van der Waals surface area (Å²) in [6.07, 6.45) is 5.17. The minimum absolute atomic E-state index is 0.00381. The third kappa shape index (κ3) is 4.73. The van der Waals surface area contributed by atoms with E-state index in [1.807, 2.05) is 35.2 Å². The van der Waals surface area contributed by atoms with Crippen LogP contribution in [0.15, 0.2) is 54.7 Å². The Morgan fingerprint density at radius 2 is 1.70 bits per heavy atom. The van der Waals surface area contributed by atoms with Crippen molar-refractivity contribution in [2.45, 2.75) is 0 Å². The van der Waals surface area contributed by atoms with Crippen molar-refractivity contribution in [3.05, 3.63) is 65.9 Å². The highest BCUT2D eigenvalue weighted by Crippen LogP contribution is 2.13. The van der Waals surface area contributed by atoms with Crippen LogP contribution in [-0.4, -0.2) is 66.9 Å². The molecule has 0 spiro atoms. The second-order valence-corrected chi connectivity index (χ2v) is 6.66. The van der Waals surface area contributed by atoms with Gasteiger partial charge in [0.2, 0.25) is 5.91 Å². The average molecular weight is 364 g/mol. The molecule has 0 N–H and O–H groups in total. The highest BCUT2D eigenvalue weighted by atomic mass is 16.2. The minimum Gasteiger partial charge on any atom is -0.353 e. The summed E-state index contributed by atoms with van der Waals surface area (Å²) in [6, 6.07) is 13.1. The van der Waals surface area contributed by atoms with E-state index < -0.39 is 0 Å². The van der Waals surface area contributed by atoms with E-state index in [1.54, 1.807) is 49.5 Å². The second kappa shape index (κ2) is 8.49. The van der Waals surface area contributed by atoms with Gasteiger partial charge in [-0.1, -0.05) is 18.2 Å². The molecule has 0 aliphatic carbocycles. The van der Waals surface area contributed by atoms with Crippen molar-refractivity contribution in [2.75, 3.05) is 45.2 Å². The molecule has 2 amide bonds. The summed E-state index contributed by atoms with van der Waals surface area (Å²) in [5.41, 5.74) is 1.53.